The molecule has 4 rings (SSSR count). The summed E-state index contributed by atoms with van der Waals surface area (Å²) in [6.07, 6.45) is 4.48. The lowest BCUT2D eigenvalue weighted by atomic mass is 9.88. The minimum Gasteiger partial charge on any atom is -0.508 e. The zero-order chi connectivity index (χ0) is 22.2. The van der Waals surface area contributed by atoms with Crippen molar-refractivity contribution in [2.75, 3.05) is 26.2 Å². The predicted octanol–water partition coefficient (Wildman–Crippen LogP) is 6.32. The Morgan fingerprint density at radius 3 is 2.09 bits per heavy atom. The van der Waals surface area contributed by atoms with E-state index in [0.29, 0.717) is 0 Å². The zero-order valence-corrected chi connectivity index (χ0v) is 19.0. The van der Waals surface area contributed by atoms with Crippen molar-refractivity contribution in [1.29, 1.82) is 0 Å². The molecule has 0 spiro atoms. The van der Waals surface area contributed by atoms with E-state index >= 15 is 0 Å². The highest BCUT2D eigenvalue weighted by molar-refractivity contribution is 5.82. The van der Waals surface area contributed by atoms with E-state index in [9.17, 15) is 5.11 Å². The molecule has 166 valence electrons. The minimum absolute atomic E-state index is 0.288. The summed E-state index contributed by atoms with van der Waals surface area (Å²) in [7, 11) is 0. The maximum Gasteiger partial charge on any atom is 0.119 e. The third-order valence-electron chi connectivity index (χ3n) is 6.21. The Morgan fingerprint density at radius 2 is 1.47 bits per heavy atom. The Morgan fingerprint density at radius 1 is 0.844 bits per heavy atom. The highest BCUT2D eigenvalue weighted by Crippen LogP contribution is 2.32. The summed E-state index contributed by atoms with van der Waals surface area (Å²) in [5.74, 6) is 1.20. The fraction of sp³-hybridized carbons (Fsp3) is 0.310. The summed E-state index contributed by atoms with van der Waals surface area (Å²) in [6, 6.07) is 26.6. The van der Waals surface area contributed by atoms with Gasteiger partial charge in [0.2, 0.25) is 0 Å². The molecule has 0 bridgehead atoms. The number of likely N-dealkylation sites (tertiary alicyclic amines) is 1. The third kappa shape index (κ3) is 5.80. The van der Waals surface area contributed by atoms with Crippen LogP contribution in [0.25, 0.3) is 5.57 Å². The van der Waals surface area contributed by atoms with Crippen molar-refractivity contribution in [2.24, 2.45) is 0 Å². The zero-order valence-electron chi connectivity index (χ0n) is 19.0. The highest BCUT2D eigenvalue weighted by Gasteiger charge is 2.13. The van der Waals surface area contributed by atoms with Gasteiger partial charge >= 0.3 is 0 Å². The van der Waals surface area contributed by atoms with Crippen molar-refractivity contribution in [3.05, 3.63) is 101 Å². The quantitative estimate of drug-likeness (QED) is 0.434. The van der Waals surface area contributed by atoms with E-state index in [1.54, 1.807) is 12.1 Å². The van der Waals surface area contributed by atoms with Gasteiger partial charge in [-0.3, -0.25) is 4.90 Å². The molecule has 3 aromatic rings. The van der Waals surface area contributed by atoms with Gasteiger partial charge in [0.05, 0.1) is 0 Å². The van der Waals surface area contributed by atoms with Crippen LogP contribution in [0.2, 0.25) is 0 Å². The van der Waals surface area contributed by atoms with Gasteiger partial charge in [-0.15, -0.1) is 0 Å². The number of ether oxygens (including phenoxy) is 1. The number of hydrogen-bond acceptors (Lipinski definition) is 3. The Balaban J connectivity index is 1.58. The summed E-state index contributed by atoms with van der Waals surface area (Å²) in [6.45, 7) is 6.34. The van der Waals surface area contributed by atoms with Crippen molar-refractivity contribution in [3.8, 4) is 11.5 Å². The highest BCUT2D eigenvalue weighted by atomic mass is 16.5. The Kier molecular flexibility index (Phi) is 7.63. The molecule has 0 aromatic heterocycles. The lowest BCUT2D eigenvalue weighted by Gasteiger charge is -2.17. The van der Waals surface area contributed by atoms with Crippen LogP contribution in [0.4, 0.5) is 0 Å². The van der Waals surface area contributed by atoms with Crippen LogP contribution in [-0.2, 0) is 6.42 Å². The summed E-state index contributed by atoms with van der Waals surface area (Å²) < 4.78 is 6.02. The van der Waals surface area contributed by atoms with Crippen molar-refractivity contribution in [2.45, 2.75) is 32.6 Å². The Labute approximate surface area is 192 Å². The number of phenolic OH excluding ortho intramolecular Hbond substituents is 1. The molecule has 1 saturated heterocycles. The first-order valence-corrected chi connectivity index (χ1v) is 11.7. The van der Waals surface area contributed by atoms with Gasteiger partial charge in [0.1, 0.15) is 18.1 Å². The fourth-order valence-corrected chi connectivity index (χ4v) is 4.45. The molecule has 1 heterocycles. The third-order valence-corrected chi connectivity index (χ3v) is 6.21. The molecule has 3 aromatic carbocycles. The number of phenols is 1. The van der Waals surface area contributed by atoms with Gasteiger partial charge in [-0.1, -0.05) is 67.1 Å². The Hall–Kier alpha value is -3.04. The van der Waals surface area contributed by atoms with E-state index in [2.05, 4.69) is 66.4 Å². The smallest absolute Gasteiger partial charge is 0.119 e. The molecule has 0 amide bonds. The molecular formula is C29H33NO2. The molecule has 0 radical (unpaired) electrons. The first-order chi connectivity index (χ1) is 15.7. The largest absolute Gasteiger partial charge is 0.508 e. The minimum atomic E-state index is 0.288. The average molecular weight is 428 g/mol. The molecule has 1 aliphatic rings. The van der Waals surface area contributed by atoms with Crippen molar-refractivity contribution >= 4 is 5.57 Å². The van der Waals surface area contributed by atoms with Gasteiger partial charge in [-0.05, 0) is 85.3 Å². The molecule has 0 unspecified atom stereocenters. The van der Waals surface area contributed by atoms with Crippen molar-refractivity contribution in [1.82, 2.24) is 4.90 Å². The monoisotopic (exact) mass is 427 g/mol. The summed E-state index contributed by atoms with van der Waals surface area (Å²) in [5.41, 5.74) is 6.22. The summed E-state index contributed by atoms with van der Waals surface area (Å²) in [5, 5.41) is 9.80. The number of rotatable bonds is 9. The van der Waals surface area contributed by atoms with Crippen LogP contribution in [-0.4, -0.2) is 36.2 Å². The van der Waals surface area contributed by atoms with Gasteiger partial charge < -0.3 is 9.84 Å². The normalized spacial score (nSPS) is 14.9. The standard InChI is InChI=1S/C29H33NO2/c1-2-24(22-23-8-4-3-5-9-23)29(25-10-14-27(31)15-11-25)26-12-16-28(17-13-26)32-21-20-30-18-6-7-19-30/h3-5,8-17,31H,2,6-7,18-22H2,1H3/b29-24+. The van der Waals surface area contributed by atoms with Crippen molar-refractivity contribution in [3.63, 3.8) is 0 Å². The van der Waals surface area contributed by atoms with Gasteiger partial charge in [0.15, 0.2) is 0 Å². The molecular weight excluding hydrogens is 394 g/mol. The second-order valence-electron chi connectivity index (χ2n) is 8.46. The van der Waals surface area contributed by atoms with Crippen molar-refractivity contribution < 1.29 is 9.84 Å². The molecule has 0 aliphatic carbocycles. The number of benzene rings is 3. The predicted molar refractivity (Wildman–Crippen MR) is 132 cm³/mol. The SMILES string of the molecule is CC/C(Cc1ccccc1)=C(/c1ccc(O)cc1)c1ccc(OCCN2CCCC2)cc1. The molecule has 0 atom stereocenters. The lowest BCUT2D eigenvalue weighted by Crippen LogP contribution is -2.25. The van der Waals surface area contributed by atoms with E-state index < -0.39 is 0 Å². The number of allylic oxidation sites excluding steroid dienone is 1. The van der Waals surface area contributed by atoms with Gasteiger partial charge in [0, 0.05) is 6.54 Å². The number of hydrogen-bond donors (Lipinski definition) is 1. The van der Waals surface area contributed by atoms with Crippen LogP contribution >= 0.6 is 0 Å². The second-order valence-corrected chi connectivity index (χ2v) is 8.46. The number of nitrogens with zero attached hydrogens (tertiary/aromatic N) is 1. The molecule has 0 saturated carbocycles. The maximum absolute atomic E-state index is 9.80. The number of aromatic hydroxyl groups is 1. The topological polar surface area (TPSA) is 32.7 Å². The van der Waals surface area contributed by atoms with E-state index in [1.165, 1.54) is 48.2 Å². The van der Waals surface area contributed by atoms with Gasteiger partial charge in [-0.25, -0.2) is 0 Å². The molecule has 32 heavy (non-hydrogen) atoms. The summed E-state index contributed by atoms with van der Waals surface area (Å²) >= 11 is 0. The first-order valence-electron chi connectivity index (χ1n) is 11.7. The van der Waals surface area contributed by atoms with Gasteiger partial charge in [0.25, 0.3) is 0 Å². The summed E-state index contributed by atoms with van der Waals surface area (Å²) in [4.78, 5) is 2.47. The van der Waals surface area contributed by atoms with Gasteiger partial charge in [-0.2, -0.15) is 0 Å². The van der Waals surface area contributed by atoms with E-state index in [0.717, 1.165) is 37.3 Å². The van der Waals surface area contributed by atoms with E-state index in [1.807, 2.05) is 12.1 Å². The van der Waals surface area contributed by atoms with Crippen LogP contribution < -0.4 is 4.74 Å². The molecule has 3 heteroatoms. The van der Waals surface area contributed by atoms with Crippen LogP contribution in [0.15, 0.2) is 84.4 Å². The fourth-order valence-electron chi connectivity index (χ4n) is 4.45. The van der Waals surface area contributed by atoms with Crippen LogP contribution in [0.5, 0.6) is 11.5 Å². The van der Waals surface area contributed by atoms with Crippen LogP contribution in [0.3, 0.4) is 0 Å². The maximum atomic E-state index is 9.80. The first kappa shape index (κ1) is 22.2. The molecule has 1 aliphatic heterocycles. The molecule has 1 N–H and O–H groups in total. The molecule has 3 nitrogen and oxygen atoms in total. The Bertz CT molecular complexity index is 1000. The van der Waals surface area contributed by atoms with E-state index in [4.69, 9.17) is 4.74 Å². The van der Waals surface area contributed by atoms with Crippen LogP contribution in [0.1, 0.15) is 42.9 Å². The van der Waals surface area contributed by atoms with Crippen LogP contribution in [0, 0.1) is 0 Å². The van der Waals surface area contributed by atoms with E-state index in [-0.39, 0.29) is 5.75 Å². The lowest BCUT2D eigenvalue weighted by molar-refractivity contribution is 0.238. The average Bonchev–Trinajstić information content (AvgIpc) is 3.35. The molecule has 1 fully saturated rings. The second kappa shape index (κ2) is 11.0.